The normalized spacial score (nSPS) is 9.57. The van der Waals surface area contributed by atoms with E-state index in [0.29, 0.717) is 6.61 Å². The van der Waals surface area contributed by atoms with E-state index in [1.807, 2.05) is 38.1 Å². The average molecular weight is 193 g/mol. The van der Waals surface area contributed by atoms with E-state index >= 15 is 0 Å². The third kappa shape index (κ3) is 3.09. The molecule has 0 aliphatic carbocycles. The highest BCUT2D eigenvalue weighted by atomic mass is 16.5. The summed E-state index contributed by atoms with van der Waals surface area (Å²) >= 11 is 0. The van der Waals surface area contributed by atoms with E-state index in [1.54, 1.807) is 0 Å². The van der Waals surface area contributed by atoms with Gasteiger partial charge in [0.15, 0.2) is 0 Å². The van der Waals surface area contributed by atoms with Crippen LogP contribution >= 0.6 is 0 Å². The van der Waals surface area contributed by atoms with Crippen molar-refractivity contribution in [1.29, 1.82) is 0 Å². The van der Waals surface area contributed by atoms with Gasteiger partial charge < -0.3 is 4.74 Å². The molecular formula is C11H15NO2. The molecule has 0 atom stereocenters. The van der Waals surface area contributed by atoms with Crippen LogP contribution in [0.3, 0.4) is 0 Å². The van der Waals surface area contributed by atoms with Gasteiger partial charge in [-0.15, -0.1) is 0 Å². The smallest absolute Gasteiger partial charge is 0.411 e. The largest absolute Gasteiger partial charge is 0.449 e. The van der Waals surface area contributed by atoms with E-state index in [0.717, 1.165) is 17.7 Å². The van der Waals surface area contributed by atoms with Crippen LogP contribution in [0.2, 0.25) is 0 Å². The number of amides is 1. The van der Waals surface area contributed by atoms with Gasteiger partial charge >= 0.3 is 6.09 Å². The lowest BCUT2D eigenvalue weighted by atomic mass is 10.2. The Morgan fingerprint density at radius 3 is 2.79 bits per heavy atom. The molecule has 0 unspecified atom stereocenters. The van der Waals surface area contributed by atoms with E-state index in [-0.39, 0.29) is 6.09 Å². The Balaban J connectivity index is 2.52. The van der Waals surface area contributed by atoms with E-state index < -0.39 is 0 Å². The van der Waals surface area contributed by atoms with E-state index in [2.05, 4.69) is 5.32 Å². The molecule has 0 saturated carbocycles. The van der Waals surface area contributed by atoms with Gasteiger partial charge in [-0.3, -0.25) is 5.32 Å². The quantitative estimate of drug-likeness (QED) is 0.801. The van der Waals surface area contributed by atoms with Crippen molar-refractivity contribution in [3.05, 3.63) is 29.8 Å². The summed E-state index contributed by atoms with van der Waals surface area (Å²) in [5.41, 5.74) is 1.83. The molecule has 0 radical (unpaired) electrons. The van der Waals surface area contributed by atoms with E-state index in [9.17, 15) is 4.79 Å². The molecule has 14 heavy (non-hydrogen) atoms. The molecule has 0 heterocycles. The van der Waals surface area contributed by atoms with Gasteiger partial charge in [-0.05, 0) is 25.0 Å². The molecular weight excluding hydrogens is 178 g/mol. The summed E-state index contributed by atoms with van der Waals surface area (Å²) in [6, 6.07) is 7.60. The highest BCUT2D eigenvalue weighted by molar-refractivity contribution is 5.85. The number of benzene rings is 1. The predicted octanol–water partition coefficient (Wildman–Crippen LogP) is 2.95. The molecule has 0 saturated heterocycles. The van der Waals surface area contributed by atoms with Crippen LogP contribution in [-0.4, -0.2) is 12.7 Å². The average Bonchev–Trinajstić information content (AvgIpc) is 2.18. The van der Waals surface area contributed by atoms with Gasteiger partial charge in [0.1, 0.15) is 0 Å². The maximum absolute atomic E-state index is 11.2. The Kier molecular flexibility index (Phi) is 3.98. The summed E-state index contributed by atoms with van der Waals surface area (Å²) in [4.78, 5) is 11.2. The SMILES string of the molecule is CCCOC(=O)Nc1ccccc1C. The molecule has 0 aliphatic rings. The zero-order valence-electron chi connectivity index (χ0n) is 8.54. The van der Waals surface area contributed by atoms with Crippen molar-refractivity contribution in [3.63, 3.8) is 0 Å². The minimum Gasteiger partial charge on any atom is -0.449 e. The Morgan fingerprint density at radius 2 is 2.14 bits per heavy atom. The lowest BCUT2D eigenvalue weighted by Gasteiger charge is -2.07. The minimum atomic E-state index is -0.388. The molecule has 0 fully saturated rings. The molecule has 1 aromatic carbocycles. The number of hydrogen-bond acceptors (Lipinski definition) is 2. The number of rotatable bonds is 3. The minimum absolute atomic E-state index is 0.388. The van der Waals surface area contributed by atoms with Gasteiger partial charge in [-0.1, -0.05) is 25.1 Å². The number of anilines is 1. The number of aryl methyl sites for hydroxylation is 1. The van der Waals surface area contributed by atoms with Gasteiger partial charge in [0.05, 0.1) is 6.61 Å². The number of para-hydroxylation sites is 1. The van der Waals surface area contributed by atoms with Gasteiger partial charge in [-0.2, -0.15) is 0 Å². The molecule has 3 nitrogen and oxygen atoms in total. The second kappa shape index (κ2) is 5.27. The van der Waals surface area contributed by atoms with Gasteiger partial charge in [-0.25, -0.2) is 4.79 Å². The topological polar surface area (TPSA) is 38.3 Å². The molecule has 1 aromatic rings. The van der Waals surface area contributed by atoms with Crippen molar-refractivity contribution in [1.82, 2.24) is 0 Å². The monoisotopic (exact) mass is 193 g/mol. The summed E-state index contributed by atoms with van der Waals surface area (Å²) in [6.07, 6.45) is 0.447. The summed E-state index contributed by atoms with van der Waals surface area (Å²) in [5, 5.41) is 2.68. The van der Waals surface area contributed by atoms with Crippen molar-refractivity contribution in [3.8, 4) is 0 Å². The van der Waals surface area contributed by atoms with Crippen LogP contribution in [0, 0.1) is 6.92 Å². The number of carbonyl (C=O) groups is 1. The second-order valence-electron chi connectivity index (χ2n) is 3.08. The Morgan fingerprint density at radius 1 is 1.43 bits per heavy atom. The van der Waals surface area contributed by atoms with Crippen LogP contribution < -0.4 is 5.32 Å². The van der Waals surface area contributed by atoms with E-state index in [4.69, 9.17) is 4.74 Å². The highest BCUT2D eigenvalue weighted by Gasteiger charge is 2.03. The molecule has 1 rings (SSSR count). The highest BCUT2D eigenvalue weighted by Crippen LogP contribution is 2.13. The number of ether oxygens (including phenoxy) is 1. The van der Waals surface area contributed by atoms with Gasteiger partial charge in [0.2, 0.25) is 0 Å². The molecule has 1 amide bonds. The molecule has 0 bridgehead atoms. The van der Waals surface area contributed by atoms with Crippen molar-refractivity contribution in [2.75, 3.05) is 11.9 Å². The van der Waals surface area contributed by atoms with Gasteiger partial charge in [0.25, 0.3) is 0 Å². The van der Waals surface area contributed by atoms with Crippen LogP contribution in [0.5, 0.6) is 0 Å². The summed E-state index contributed by atoms with van der Waals surface area (Å²) < 4.78 is 4.90. The van der Waals surface area contributed by atoms with Crippen molar-refractivity contribution >= 4 is 11.8 Å². The molecule has 0 aromatic heterocycles. The third-order valence-electron chi connectivity index (χ3n) is 1.82. The van der Waals surface area contributed by atoms with Crippen LogP contribution in [0.4, 0.5) is 10.5 Å². The van der Waals surface area contributed by atoms with Gasteiger partial charge in [0, 0.05) is 5.69 Å². The fourth-order valence-corrected chi connectivity index (χ4v) is 1.05. The van der Waals surface area contributed by atoms with Crippen LogP contribution in [0.1, 0.15) is 18.9 Å². The maximum Gasteiger partial charge on any atom is 0.411 e. The Labute approximate surface area is 84.1 Å². The lowest BCUT2D eigenvalue weighted by Crippen LogP contribution is -2.14. The van der Waals surface area contributed by atoms with Crippen LogP contribution in [0.15, 0.2) is 24.3 Å². The fraction of sp³-hybridized carbons (Fsp3) is 0.364. The van der Waals surface area contributed by atoms with Crippen LogP contribution in [-0.2, 0) is 4.74 Å². The number of hydrogen-bond donors (Lipinski definition) is 1. The molecule has 3 heteroatoms. The molecule has 0 aliphatic heterocycles. The lowest BCUT2D eigenvalue weighted by molar-refractivity contribution is 0.161. The maximum atomic E-state index is 11.2. The van der Waals surface area contributed by atoms with Crippen molar-refractivity contribution < 1.29 is 9.53 Å². The van der Waals surface area contributed by atoms with Crippen LogP contribution in [0.25, 0.3) is 0 Å². The summed E-state index contributed by atoms with van der Waals surface area (Å²) in [5.74, 6) is 0. The third-order valence-corrected chi connectivity index (χ3v) is 1.82. The molecule has 0 spiro atoms. The first kappa shape index (κ1) is 10.6. The zero-order valence-corrected chi connectivity index (χ0v) is 8.54. The first-order valence-corrected chi connectivity index (χ1v) is 4.73. The zero-order chi connectivity index (χ0) is 10.4. The number of carbonyl (C=O) groups excluding carboxylic acids is 1. The summed E-state index contributed by atoms with van der Waals surface area (Å²) in [7, 11) is 0. The summed E-state index contributed by atoms with van der Waals surface area (Å²) in [6.45, 7) is 4.36. The first-order valence-electron chi connectivity index (χ1n) is 4.73. The first-order chi connectivity index (χ1) is 6.74. The Bertz CT molecular complexity index is 310. The molecule has 76 valence electrons. The van der Waals surface area contributed by atoms with Crippen molar-refractivity contribution in [2.45, 2.75) is 20.3 Å². The predicted molar refractivity (Wildman–Crippen MR) is 56.4 cm³/mol. The Hall–Kier alpha value is -1.51. The standard InChI is InChI=1S/C11H15NO2/c1-3-8-14-11(13)12-10-7-5-4-6-9(10)2/h4-7H,3,8H2,1-2H3,(H,12,13). The fourth-order valence-electron chi connectivity index (χ4n) is 1.05. The second-order valence-corrected chi connectivity index (χ2v) is 3.08. The molecule has 1 N–H and O–H groups in total. The van der Waals surface area contributed by atoms with Crippen molar-refractivity contribution in [2.24, 2.45) is 0 Å². The number of nitrogens with one attached hydrogen (secondary N) is 1. The van der Waals surface area contributed by atoms with E-state index in [1.165, 1.54) is 0 Å².